The summed E-state index contributed by atoms with van der Waals surface area (Å²) in [6.07, 6.45) is 4.83. The number of carbonyl (C=O) groups is 1. The Hall–Kier alpha value is -1.99. The van der Waals surface area contributed by atoms with Crippen molar-refractivity contribution in [2.75, 3.05) is 12.4 Å². The monoisotopic (exact) mass is 502 g/mol. The molecule has 7 heteroatoms. The maximum Gasteiger partial charge on any atom is 0.345 e. The molecule has 0 amide bonds. The lowest BCUT2D eigenvalue weighted by atomic mass is 9.79. The molecule has 0 radical (unpaired) electrons. The Labute approximate surface area is 207 Å². The molecule has 2 aromatic heterocycles. The van der Waals surface area contributed by atoms with Crippen molar-refractivity contribution in [2.24, 2.45) is 11.8 Å². The van der Waals surface area contributed by atoms with Gasteiger partial charge in [0.15, 0.2) is 5.09 Å². The maximum absolute atomic E-state index is 11.0. The molecule has 3 aromatic rings. The Morgan fingerprint density at radius 3 is 2.76 bits per heavy atom. The van der Waals surface area contributed by atoms with E-state index in [9.17, 15) is 4.79 Å². The second kappa shape index (κ2) is 10.5. The van der Waals surface area contributed by atoms with E-state index in [0.717, 1.165) is 32.7 Å². The lowest BCUT2D eigenvalue weighted by Gasteiger charge is -2.23. The Bertz CT molecular complexity index is 1120. The van der Waals surface area contributed by atoms with Crippen LogP contribution in [-0.4, -0.2) is 23.4 Å². The fraction of sp³-hybridized carbons (Fsp3) is 0.346. The molecule has 0 aliphatic heterocycles. The molecule has 1 aliphatic rings. The zero-order valence-corrected chi connectivity index (χ0v) is 21.0. The number of hydrogen-bond donors (Lipinski definition) is 1. The van der Waals surface area contributed by atoms with E-state index in [1.54, 1.807) is 17.8 Å². The molecule has 2 heterocycles. The quantitative estimate of drug-likeness (QED) is 0.292. The van der Waals surface area contributed by atoms with Crippen molar-refractivity contribution in [2.45, 2.75) is 37.4 Å². The molecule has 174 valence electrons. The first kappa shape index (κ1) is 24.1. The van der Waals surface area contributed by atoms with Gasteiger partial charge < -0.3 is 14.3 Å². The van der Waals surface area contributed by atoms with E-state index in [1.165, 1.54) is 16.9 Å². The molecule has 1 N–H and O–H groups in total. The second-order valence-electron chi connectivity index (χ2n) is 8.73. The Kier molecular flexibility index (Phi) is 7.69. The Morgan fingerprint density at radius 2 is 2.03 bits per heavy atom. The fourth-order valence-corrected chi connectivity index (χ4v) is 6.34. The van der Waals surface area contributed by atoms with Gasteiger partial charge in [0.1, 0.15) is 4.88 Å². The Balaban J connectivity index is 1.31. The minimum atomic E-state index is -0.900. The van der Waals surface area contributed by atoms with Crippen LogP contribution in [0.4, 0.5) is 0 Å². The molecule has 0 saturated heterocycles. The van der Waals surface area contributed by atoms with Gasteiger partial charge >= 0.3 is 5.97 Å². The lowest BCUT2D eigenvalue weighted by Crippen LogP contribution is -2.18. The predicted molar refractivity (Wildman–Crippen MR) is 134 cm³/mol. The SMILES string of the molecule is CC(C)(c1ccccc1)c1coc(SC[C@H]2C(Cl)=CC[C@@H]2COCc2ccc(C(=O)O)s2)c1. The van der Waals surface area contributed by atoms with Crippen LogP contribution < -0.4 is 0 Å². The first-order valence-electron chi connectivity index (χ1n) is 10.9. The topological polar surface area (TPSA) is 59.7 Å². The van der Waals surface area contributed by atoms with Crippen molar-refractivity contribution < 1.29 is 19.1 Å². The van der Waals surface area contributed by atoms with Crippen LogP contribution in [0.2, 0.25) is 0 Å². The molecule has 4 rings (SSSR count). The maximum atomic E-state index is 11.0. The smallest absolute Gasteiger partial charge is 0.345 e. The van der Waals surface area contributed by atoms with Gasteiger partial charge in [0.25, 0.3) is 0 Å². The van der Waals surface area contributed by atoms with E-state index in [2.05, 4.69) is 50.3 Å². The van der Waals surface area contributed by atoms with Crippen molar-refractivity contribution in [1.29, 1.82) is 0 Å². The summed E-state index contributed by atoms with van der Waals surface area (Å²) in [7, 11) is 0. The van der Waals surface area contributed by atoms with Crippen LogP contribution in [0.15, 0.2) is 75.4 Å². The first-order valence-corrected chi connectivity index (χ1v) is 13.0. The highest BCUT2D eigenvalue weighted by Crippen LogP contribution is 2.40. The van der Waals surface area contributed by atoms with Gasteiger partial charge in [-0.05, 0) is 36.1 Å². The number of carboxylic acid groups (broad SMARTS) is 1. The van der Waals surface area contributed by atoms with Gasteiger partial charge in [-0.1, -0.05) is 73.6 Å². The van der Waals surface area contributed by atoms with Gasteiger partial charge in [-0.3, -0.25) is 0 Å². The summed E-state index contributed by atoms with van der Waals surface area (Å²) in [6.45, 7) is 5.42. The first-order chi connectivity index (χ1) is 15.8. The zero-order chi connectivity index (χ0) is 23.4. The van der Waals surface area contributed by atoms with Gasteiger partial charge in [0.2, 0.25) is 0 Å². The second-order valence-corrected chi connectivity index (χ2v) is 11.4. The van der Waals surface area contributed by atoms with Gasteiger partial charge in [0.05, 0.1) is 19.5 Å². The average Bonchev–Trinajstić information content (AvgIpc) is 3.54. The van der Waals surface area contributed by atoms with E-state index in [4.69, 9.17) is 25.9 Å². The van der Waals surface area contributed by atoms with E-state index >= 15 is 0 Å². The summed E-state index contributed by atoms with van der Waals surface area (Å²) in [5.74, 6) is 0.442. The third-order valence-electron chi connectivity index (χ3n) is 6.19. The molecule has 0 saturated carbocycles. The molecule has 1 aliphatic carbocycles. The van der Waals surface area contributed by atoms with Gasteiger partial charge in [-0.2, -0.15) is 0 Å². The minimum absolute atomic E-state index is 0.132. The number of allylic oxidation sites excluding steroid dienone is 2. The summed E-state index contributed by atoms with van der Waals surface area (Å²) < 4.78 is 11.8. The van der Waals surface area contributed by atoms with Crippen molar-refractivity contribution in [3.8, 4) is 0 Å². The van der Waals surface area contributed by atoms with Gasteiger partial charge in [-0.15, -0.1) is 11.3 Å². The highest BCUT2D eigenvalue weighted by Gasteiger charge is 2.30. The normalized spacial score (nSPS) is 18.5. The van der Waals surface area contributed by atoms with E-state index in [0.29, 0.717) is 24.0 Å². The highest BCUT2D eigenvalue weighted by molar-refractivity contribution is 7.99. The van der Waals surface area contributed by atoms with Gasteiger partial charge in [0, 0.05) is 32.6 Å². The van der Waals surface area contributed by atoms with Crippen molar-refractivity contribution in [3.05, 3.63) is 86.8 Å². The standard InChI is InChI=1S/C26H27ClO4S2/c1-26(2,18-6-4-3-5-7-18)19-12-24(31-14-19)32-16-21-17(8-10-22(21)27)13-30-15-20-9-11-23(33-20)25(28)29/h3-7,9-12,14,17,21H,8,13,15-16H2,1-2H3,(H,28,29)/t17-,21-/m1/s1. The minimum Gasteiger partial charge on any atom is -0.477 e. The summed E-state index contributed by atoms with van der Waals surface area (Å²) in [6, 6.07) is 16.0. The highest BCUT2D eigenvalue weighted by atomic mass is 35.5. The van der Waals surface area contributed by atoms with Crippen molar-refractivity contribution in [1.82, 2.24) is 0 Å². The summed E-state index contributed by atoms with van der Waals surface area (Å²) in [5.41, 5.74) is 2.27. The number of rotatable bonds is 10. The number of carboxylic acids is 1. The molecule has 0 spiro atoms. The number of halogens is 1. The van der Waals surface area contributed by atoms with E-state index < -0.39 is 5.97 Å². The van der Waals surface area contributed by atoms with Crippen LogP contribution in [0.3, 0.4) is 0 Å². The number of thioether (sulfide) groups is 1. The summed E-state index contributed by atoms with van der Waals surface area (Å²) in [5, 5.41) is 10.8. The predicted octanol–water partition coefficient (Wildman–Crippen LogP) is 7.43. The number of furan rings is 1. The molecule has 4 nitrogen and oxygen atoms in total. The number of ether oxygens (including phenoxy) is 1. The molecular weight excluding hydrogens is 476 g/mol. The van der Waals surface area contributed by atoms with Crippen molar-refractivity contribution in [3.63, 3.8) is 0 Å². The van der Waals surface area contributed by atoms with Gasteiger partial charge in [-0.25, -0.2) is 4.79 Å². The molecular formula is C26H27ClO4S2. The molecule has 0 fully saturated rings. The van der Waals surface area contributed by atoms with Crippen LogP contribution in [0.5, 0.6) is 0 Å². The third-order valence-corrected chi connectivity index (χ3v) is 8.69. The fourth-order valence-electron chi connectivity index (χ4n) is 4.00. The summed E-state index contributed by atoms with van der Waals surface area (Å²) in [4.78, 5) is 12.3. The zero-order valence-electron chi connectivity index (χ0n) is 18.6. The van der Waals surface area contributed by atoms with E-state index in [-0.39, 0.29) is 11.3 Å². The molecule has 33 heavy (non-hydrogen) atoms. The number of thiophene rings is 1. The molecule has 1 aromatic carbocycles. The molecule has 2 atom stereocenters. The third kappa shape index (κ3) is 5.75. The largest absolute Gasteiger partial charge is 0.477 e. The molecule has 0 bridgehead atoms. The Morgan fingerprint density at radius 1 is 1.24 bits per heavy atom. The van der Waals surface area contributed by atoms with Crippen LogP contribution in [0.1, 0.15) is 45.9 Å². The summed E-state index contributed by atoms with van der Waals surface area (Å²) >= 11 is 9.47. The van der Waals surface area contributed by atoms with Crippen LogP contribution in [-0.2, 0) is 16.8 Å². The van der Waals surface area contributed by atoms with Crippen LogP contribution in [0.25, 0.3) is 0 Å². The number of aromatic carboxylic acids is 1. The lowest BCUT2D eigenvalue weighted by molar-refractivity contribution is 0.0702. The van der Waals surface area contributed by atoms with Crippen LogP contribution >= 0.6 is 34.7 Å². The average molecular weight is 503 g/mol. The molecule has 0 unspecified atom stereocenters. The van der Waals surface area contributed by atoms with Crippen molar-refractivity contribution >= 4 is 40.7 Å². The number of benzene rings is 1. The number of hydrogen-bond acceptors (Lipinski definition) is 5. The van der Waals surface area contributed by atoms with Crippen LogP contribution in [0, 0.1) is 11.8 Å². The van der Waals surface area contributed by atoms with E-state index in [1.807, 2.05) is 18.4 Å².